The molecule has 0 spiro atoms. The highest BCUT2D eigenvalue weighted by atomic mass is 35.5. The van der Waals surface area contributed by atoms with Crippen molar-refractivity contribution in [2.75, 3.05) is 37.7 Å². The topological polar surface area (TPSA) is 110 Å². The third kappa shape index (κ3) is 5.45. The Bertz CT molecular complexity index is 509. The standard InChI is InChI=1S/C10H23N3O4S2.ClH/c1-3-18(14,15)12-5-7-19(16,17)13-6-4-10(2,8-11)9-13;/h12H,3-9,11H2,1-2H3;1H. The van der Waals surface area contributed by atoms with Crippen LogP contribution < -0.4 is 10.5 Å². The van der Waals surface area contributed by atoms with E-state index in [0.29, 0.717) is 19.6 Å². The Morgan fingerprint density at radius 3 is 2.35 bits per heavy atom. The second-order valence-corrected chi connectivity index (χ2v) is 9.40. The van der Waals surface area contributed by atoms with Gasteiger partial charge in [-0.25, -0.2) is 25.9 Å². The predicted molar refractivity (Wildman–Crippen MR) is 81.8 cm³/mol. The van der Waals surface area contributed by atoms with Crippen LogP contribution in [0, 0.1) is 5.41 Å². The molecule has 1 aliphatic heterocycles. The first-order valence-corrected chi connectivity index (χ1v) is 9.55. The first kappa shape index (κ1) is 20.1. The molecule has 0 saturated carbocycles. The molecule has 1 rings (SSSR count). The van der Waals surface area contributed by atoms with Gasteiger partial charge in [0.05, 0.1) is 11.5 Å². The van der Waals surface area contributed by atoms with Crippen molar-refractivity contribution < 1.29 is 16.8 Å². The van der Waals surface area contributed by atoms with Crippen LogP contribution in [0.3, 0.4) is 0 Å². The van der Waals surface area contributed by atoms with Gasteiger partial charge in [0.25, 0.3) is 0 Å². The van der Waals surface area contributed by atoms with Crippen LogP contribution in [0.5, 0.6) is 0 Å². The maximum atomic E-state index is 12.1. The molecule has 0 amide bonds. The van der Waals surface area contributed by atoms with E-state index in [1.165, 1.54) is 11.2 Å². The average molecular weight is 350 g/mol. The summed E-state index contributed by atoms with van der Waals surface area (Å²) < 4.78 is 50.2. The van der Waals surface area contributed by atoms with Crippen molar-refractivity contribution in [3.63, 3.8) is 0 Å². The molecule has 0 aromatic rings. The SMILES string of the molecule is CCS(=O)(=O)NCCS(=O)(=O)N1CCC(C)(CN)C1.Cl. The van der Waals surface area contributed by atoms with Crippen LogP contribution in [-0.2, 0) is 20.0 Å². The summed E-state index contributed by atoms with van der Waals surface area (Å²) in [4.78, 5) is 0. The Balaban J connectivity index is 0.00000361. The fourth-order valence-electron chi connectivity index (χ4n) is 1.94. The molecule has 1 saturated heterocycles. The second-order valence-electron chi connectivity index (χ2n) is 5.21. The van der Waals surface area contributed by atoms with Crippen molar-refractivity contribution in [1.82, 2.24) is 9.03 Å². The maximum Gasteiger partial charge on any atom is 0.215 e. The lowest BCUT2D eigenvalue weighted by Gasteiger charge is -2.22. The molecule has 1 fully saturated rings. The monoisotopic (exact) mass is 349 g/mol. The number of nitrogens with one attached hydrogen (secondary N) is 1. The lowest BCUT2D eigenvalue weighted by Crippen LogP contribution is -2.39. The maximum absolute atomic E-state index is 12.1. The molecule has 10 heteroatoms. The molecule has 20 heavy (non-hydrogen) atoms. The van der Waals surface area contributed by atoms with Gasteiger partial charge in [-0.15, -0.1) is 12.4 Å². The Morgan fingerprint density at radius 2 is 1.90 bits per heavy atom. The largest absolute Gasteiger partial charge is 0.330 e. The minimum absolute atomic E-state index is 0. The predicted octanol–water partition coefficient (Wildman–Crippen LogP) is -0.652. The van der Waals surface area contributed by atoms with E-state index in [-0.39, 0.29) is 35.9 Å². The highest BCUT2D eigenvalue weighted by molar-refractivity contribution is 7.90. The zero-order chi connectivity index (χ0) is 14.7. The van der Waals surface area contributed by atoms with Gasteiger partial charge in [-0.05, 0) is 25.3 Å². The normalized spacial score (nSPS) is 24.6. The zero-order valence-electron chi connectivity index (χ0n) is 11.8. The molecule has 7 nitrogen and oxygen atoms in total. The molecule has 1 aliphatic rings. The molecule has 1 heterocycles. The van der Waals surface area contributed by atoms with Gasteiger partial charge in [0.2, 0.25) is 20.0 Å². The van der Waals surface area contributed by atoms with E-state index in [2.05, 4.69) is 4.72 Å². The fraction of sp³-hybridized carbons (Fsp3) is 1.00. The van der Waals surface area contributed by atoms with E-state index >= 15 is 0 Å². The molecule has 0 bridgehead atoms. The summed E-state index contributed by atoms with van der Waals surface area (Å²) in [5, 5.41) is 0. The first-order valence-electron chi connectivity index (χ1n) is 6.29. The molecule has 0 aromatic heterocycles. The Labute approximate surface area is 127 Å². The van der Waals surface area contributed by atoms with Gasteiger partial charge in [0.15, 0.2) is 0 Å². The average Bonchev–Trinajstić information content (AvgIpc) is 2.73. The van der Waals surface area contributed by atoms with Crippen LogP contribution in [0.4, 0.5) is 0 Å². The minimum Gasteiger partial charge on any atom is -0.330 e. The van der Waals surface area contributed by atoms with E-state index < -0.39 is 20.0 Å². The molecule has 0 aromatic carbocycles. The van der Waals surface area contributed by atoms with E-state index in [4.69, 9.17) is 5.73 Å². The highest BCUT2D eigenvalue weighted by Gasteiger charge is 2.38. The van der Waals surface area contributed by atoms with Gasteiger partial charge in [-0.2, -0.15) is 0 Å². The lowest BCUT2D eigenvalue weighted by atomic mass is 9.90. The summed E-state index contributed by atoms with van der Waals surface area (Å²) >= 11 is 0. The number of hydrogen-bond donors (Lipinski definition) is 2. The molecule has 1 unspecified atom stereocenters. The molecular weight excluding hydrogens is 326 g/mol. The van der Waals surface area contributed by atoms with E-state index in [1.54, 1.807) is 0 Å². The first-order chi connectivity index (χ1) is 8.64. The Hall–Kier alpha value is 0.0700. The van der Waals surface area contributed by atoms with Crippen LogP contribution in [-0.4, -0.2) is 58.8 Å². The number of hydrogen-bond acceptors (Lipinski definition) is 5. The number of halogens is 1. The molecule has 1 atom stereocenters. The molecule has 0 aliphatic carbocycles. The summed E-state index contributed by atoms with van der Waals surface area (Å²) in [7, 11) is -6.77. The van der Waals surface area contributed by atoms with Crippen LogP contribution in [0.1, 0.15) is 20.3 Å². The number of sulfonamides is 2. The second kappa shape index (κ2) is 7.37. The summed E-state index contributed by atoms with van der Waals surface area (Å²) in [6.07, 6.45) is 0.740. The van der Waals surface area contributed by atoms with Gasteiger partial charge in [0.1, 0.15) is 0 Å². The summed E-state index contributed by atoms with van der Waals surface area (Å²) in [6.45, 7) is 4.69. The van der Waals surface area contributed by atoms with Crippen molar-refractivity contribution in [3.05, 3.63) is 0 Å². The van der Waals surface area contributed by atoms with Crippen molar-refractivity contribution in [1.29, 1.82) is 0 Å². The van der Waals surface area contributed by atoms with Gasteiger partial charge in [-0.3, -0.25) is 0 Å². The third-order valence-corrected chi connectivity index (χ3v) is 6.69. The summed E-state index contributed by atoms with van der Waals surface area (Å²) in [5.41, 5.74) is 5.47. The summed E-state index contributed by atoms with van der Waals surface area (Å²) in [6, 6.07) is 0. The van der Waals surface area contributed by atoms with Crippen molar-refractivity contribution in [3.8, 4) is 0 Å². The van der Waals surface area contributed by atoms with Crippen LogP contribution in [0.2, 0.25) is 0 Å². The third-order valence-electron chi connectivity index (χ3n) is 3.47. The van der Waals surface area contributed by atoms with Crippen LogP contribution >= 0.6 is 12.4 Å². The Morgan fingerprint density at radius 1 is 1.30 bits per heavy atom. The van der Waals surface area contributed by atoms with Crippen molar-refractivity contribution in [2.45, 2.75) is 20.3 Å². The number of rotatable bonds is 7. The van der Waals surface area contributed by atoms with Gasteiger partial charge in [-0.1, -0.05) is 6.92 Å². The van der Waals surface area contributed by atoms with Crippen LogP contribution in [0.25, 0.3) is 0 Å². The van der Waals surface area contributed by atoms with Crippen LogP contribution in [0.15, 0.2) is 0 Å². The van der Waals surface area contributed by atoms with Gasteiger partial charge in [0, 0.05) is 19.6 Å². The molecule has 3 N–H and O–H groups in total. The van der Waals surface area contributed by atoms with Gasteiger partial charge >= 0.3 is 0 Å². The van der Waals surface area contributed by atoms with E-state index in [9.17, 15) is 16.8 Å². The minimum atomic E-state index is -3.42. The van der Waals surface area contributed by atoms with Crippen molar-refractivity contribution >= 4 is 32.5 Å². The number of nitrogens with two attached hydrogens (primary N) is 1. The number of nitrogens with zero attached hydrogens (tertiary/aromatic N) is 1. The molecule has 122 valence electrons. The lowest BCUT2D eigenvalue weighted by molar-refractivity contribution is 0.349. The zero-order valence-corrected chi connectivity index (χ0v) is 14.3. The quantitative estimate of drug-likeness (QED) is 0.634. The smallest absolute Gasteiger partial charge is 0.215 e. The molecular formula is C10H24ClN3O4S2. The van der Waals surface area contributed by atoms with E-state index in [1.807, 2.05) is 6.92 Å². The molecule has 0 radical (unpaired) electrons. The highest BCUT2D eigenvalue weighted by Crippen LogP contribution is 2.30. The fourth-order valence-corrected chi connectivity index (χ4v) is 4.18. The summed E-state index contributed by atoms with van der Waals surface area (Å²) in [5.74, 6) is -0.269. The van der Waals surface area contributed by atoms with Crippen molar-refractivity contribution in [2.24, 2.45) is 11.1 Å². The van der Waals surface area contributed by atoms with Gasteiger partial charge < -0.3 is 5.73 Å². The van der Waals surface area contributed by atoms with E-state index in [0.717, 1.165) is 6.42 Å². The Kier molecular flexibility index (Phi) is 7.39.